The third kappa shape index (κ3) is 5.40. The van der Waals surface area contributed by atoms with Gasteiger partial charge in [-0.3, -0.25) is 9.69 Å². The van der Waals surface area contributed by atoms with E-state index in [1.54, 1.807) is 0 Å². The molecule has 1 fully saturated rings. The van der Waals surface area contributed by atoms with Crippen LogP contribution in [0.15, 0.2) is 0 Å². The zero-order chi connectivity index (χ0) is 14.6. The van der Waals surface area contributed by atoms with Gasteiger partial charge in [-0.25, -0.2) is 0 Å². The van der Waals surface area contributed by atoms with Gasteiger partial charge >= 0.3 is 0 Å². The molecule has 1 heterocycles. The van der Waals surface area contributed by atoms with E-state index in [-0.39, 0.29) is 5.91 Å². The lowest BCUT2D eigenvalue weighted by atomic mass is 10.0. The second-order valence-corrected chi connectivity index (χ2v) is 8.32. The van der Waals surface area contributed by atoms with Crippen molar-refractivity contribution in [2.75, 3.05) is 39.8 Å². The average molecular weight is 334 g/mol. The number of amides is 1. The SMILES string of the molecule is CC(C)C(CNC(=O)C(C)(C)Br)N1CCN(C)CC1. The summed E-state index contributed by atoms with van der Waals surface area (Å²) in [5.74, 6) is 0.606. The van der Waals surface area contributed by atoms with Gasteiger partial charge in [0.15, 0.2) is 0 Å². The van der Waals surface area contributed by atoms with Crippen molar-refractivity contribution in [2.24, 2.45) is 5.92 Å². The number of rotatable bonds is 5. The van der Waals surface area contributed by atoms with Gasteiger partial charge < -0.3 is 10.2 Å². The second-order valence-electron chi connectivity index (χ2n) is 6.33. The van der Waals surface area contributed by atoms with Crippen LogP contribution in [0.1, 0.15) is 27.7 Å². The number of alkyl halides is 1. The number of carbonyl (C=O) groups is 1. The highest BCUT2D eigenvalue weighted by atomic mass is 79.9. The average Bonchev–Trinajstić information content (AvgIpc) is 2.29. The number of likely N-dealkylation sites (N-methyl/N-ethyl adjacent to an activating group) is 1. The Kier molecular flexibility index (Phi) is 6.27. The van der Waals surface area contributed by atoms with E-state index < -0.39 is 4.32 Å². The number of piperazine rings is 1. The Morgan fingerprint density at radius 3 is 2.21 bits per heavy atom. The van der Waals surface area contributed by atoms with Crippen molar-refractivity contribution in [3.63, 3.8) is 0 Å². The van der Waals surface area contributed by atoms with Gasteiger partial charge in [0, 0.05) is 38.8 Å². The first-order valence-electron chi connectivity index (χ1n) is 7.11. The molecule has 1 atom stereocenters. The predicted molar refractivity (Wildman–Crippen MR) is 83.7 cm³/mol. The normalized spacial score (nSPS) is 20.6. The van der Waals surface area contributed by atoms with Crippen molar-refractivity contribution in [2.45, 2.75) is 38.1 Å². The lowest BCUT2D eigenvalue weighted by molar-refractivity contribution is -0.122. The third-order valence-corrected chi connectivity index (χ3v) is 4.15. The van der Waals surface area contributed by atoms with E-state index in [2.05, 4.69) is 51.9 Å². The molecule has 1 unspecified atom stereocenters. The maximum Gasteiger partial charge on any atom is 0.236 e. The number of carbonyl (C=O) groups excluding carboxylic acids is 1. The summed E-state index contributed by atoms with van der Waals surface area (Å²) in [6.07, 6.45) is 0. The van der Waals surface area contributed by atoms with Gasteiger partial charge in [-0.1, -0.05) is 29.8 Å². The first-order chi connectivity index (χ1) is 8.71. The Bertz CT molecular complexity index is 294. The molecule has 0 radical (unpaired) electrons. The van der Waals surface area contributed by atoms with Crippen LogP contribution in [0.25, 0.3) is 0 Å². The molecule has 0 aromatic heterocycles. The molecule has 4 nitrogen and oxygen atoms in total. The van der Waals surface area contributed by atoms with Crippen molar-refractivity contribution >= 4 is 21.8 Å². The largest absolute Gasteiger partial charge is 0.353 e. The summed E-state index contributed by atoms with van der Waals surface area (Å²) in [4.78, 5) is 16.8. The van der Waals surface area contributed by atoms with Crippen LogP contribution in [-0.4, -0.2) is 65.8 Å². The molecule has 19 heavy (non-hydrogen) atoms. The van der Waals surface area contributed by atoms with Crippen LogP contribution >= 0.6 is 15.9 Å². The number of hydrogen-bond acceptors (Lipinski definition) is 3. The van der Waals surface area contributed by atoms with Gasteiger partial charge in [0.05, 0.1) is 4.32 Å². The molecule has 112 valence electrons. The van der Waals surface area contributed by atoms with Crippen molar-refractivity contribution in [3.8, 4) is 0 Å². The summed E-state index contributed by atoms with van der Waals surface area (Å²) in [7, 11) is 2.16. The lowest BCUT2D eigenvalue weighted by Crippen LogP contribution is -2.55. The smallest absolute Gasteiger partial charge is 0.236 e. The summed E-state index contributed by atoms with van der Waals surface area (Å²) in [5.41, 5.74) is 0. The van der Waals surface area contributed by atoms with Crippen LogP contribution in [0.4, 0.5) is 0 Å². The fraction of sp³-hybridized carbons (Fsp3) is 0.929. The zero-order valence-electron chi connectivity index (χ0n) is 12.9. The Balaban J connectivity index is 2.52. The topological polar surface area (TPSA) is 35.6 Å². The molecule has 1 N–H and O–H groups in total. The Hall–Kier alpha value is -0.130. The van der Waals surface area contributed by atoms with Gasteiger partial charge in [-0.15, -0.1) is 0 Å². The number of nitrogens with zero attached hydrogens (tertiary/aromatic N) is 2. The Labute approximate surface area is 126 Å². The van der Waals surface area contributed by atoms with E-state index in [1.165, 1.54) is 0 Å². The van der Waals surface area contributed by atoms with Crippen LogP contribution < -0.4 is 5.32 Å². The molecule has 0 aliphatic carbocycles. The zero-order valence-corrected chi connectivity index (χ0v) is 14.5. The minimum atomic E-state index is -0.489. The molecule has 0 bridgehead atoms. The molecule has 0 aromatic carbocycles. The van der Waals surface area contributed by atoms with Crippen LogP contribution in [-0.2, 0) is 4.79 Å². The van der Waals surface area contributed by atoms with E-state index >= 15 is 0 Å². The van der Waals surface area contributed by atoms with Gasteiger partial charge in [-0.05, 0) is 26.8 Å². The van der Waals surface area contributed by atoms with Gasteiger partial charge in [-0.2, -0.15) is 0 Å². The number of halogens is 1. The summed E-state index contributed by atoms with van der Waals surface area (Å²) < 4.78 is -0.489. The molecule has 0 saturated carbocycles. The third-order valence-electron chi connectivity index (χ3n) is 3.79. The molecule has 1 saturated heterocycles. The first kappa shape index (κ1) is 16.9. The minimum absolute atomic E-state index is 0.0623. The number of nitrogens with one attached hydrogen (secondary N) is 1. The molecule has 0 aromatic rings. The Morgan fingerprint density at radius 2 is 1.79 bits per heavy atom. The van der Waals surface area contributed by atoms with Gasteiger partial charge in [0.2, 0.25) is 5.91 Å². The highest BCUT2D eigenvalue weighted by molar-refractivity contribution is 9.10. The summed E-state index contributed by atoms with van der Waals surface area (Å²) >= 11 is 3.40. The summed E-state index contributed by atoms with van der Waals surface area (Å²) in [5, 5.41) is 3.07. The maximum atomic E-state index is 11.9. The van der Waals surface area contributed by atoms with E-state index in [0.717, 1.165) is 32.7 Å². The predicted octanol–water partition coefficient (Wildman–Crippen LogP) is 1.55. The molecule has 1 aliphatic rings. The van der Waals surface area contributed by atoms with Crippen LogP contribution in [0.5, 0.6) is 0 Å². The number of hydrogen-bond donors (Lipinski definition) is 1. The van der Waals surface area contributed by atoms with Gasteiger partial charge in [0.1, 0.15) is 0 Å². The highest BCUT2D eigenvalue weighted by Crippen LogP contribution is 2.17. The molecular formula is C14H28BrN3O. The van der Waals surface area contributed by atoms with E-state index in [0.29, 0.717) is 12.0 Å². The van der Waals surface area contributed by atoms with Crippen LogP contribution in [0, 0.1) is 5.92 Å². The molecule has 5 heteroatoms. The Morgan fingerprint density at radius 1 is 1.26 bits per heavy atom. The standard InChI is InChI=1S/C14H28BrN3O/c1-11(2)12(10-16-13(19)14(3,4)15)18-8-6-17(5)7-9-18/h11-12H,6-10H2,1-5H3,(H,16,19). The van der Waals surface area contributed by atoms with Crippen LogP contribution in [0.3, 0.4) is 0 Å². The van der Waals surface area contributed by atoms with Crippen molar-refractivity contribution < 1.29 is 4.79 Å². The summed E-state index contributed by atoms with van der Waals surface area (Å²) in [6.45, 7) is 13.4. The van der Waals surface area contributed by atoms with Crippen molar-refractivity contribution in [1.29, 1.82) is 0 Å². The van der Waals surface area contributed by atoms with E-state index in [1.807, 2.05) is 13.8 Å². The molecule has 0 spiro atoms. The van der Waals surface area contributed by atoms with Crippen molar-refractivity contribution in [3.05, 3.63) is 0 Å². The molecular weight excluding hydrogens is 306 g/mol. The monoisotopic (exact) mass is 333 g/mol. The fourth-order valence-corrected chi connectivity index (χ4v) is 2.49. The first-order valence-corrected chi connectivity index (χ1v) is 7.91. The molecule has 1 rings (SSSR count). The van der Waals surface area contributed by atoms with E-state index in [9.17, 15) is 4.79 Å². The van der Waals surface area contributed by atoms with Gasteiger partial charge in [0.25, 0.3) is 0 Å². The second kappa shape index (κ2) is 7.04. The molecule has 1 aliphatic heterocycles. The van der Waals surface area contributed by atoms with E-state index in [4.69, 9.17) is 0 Å². The quantitative estimate of drug-likeness (QED) is 0.775. The lowest BCUT2D eigenvalue weighted by Gasteiger charge is -2.40. The minimum Gasteiger partial charge on any atom is -0.353 e. The summed E-state index contributed by atoms with van der Waals surface area (Å²) in [6, 6.07) is 0.424. The highest BCUT2D eigenvalue weighted by Gasteiger charge is 2.28. The van der Waals surface area contributed by atoms with Crippen LogP contribution in [0.2, 0.25) is 0 Å². The molecule has 1 amide bonds. The van der Waals surface area contributed by atoms with Crippen molar-refractivity contribution in [1.82, 2.24) is 15.1 Å². The maximum absolute atomic E-state index is 11.9. The fourth-order valence-electron chi connectivity index (χ4n) is 2.35.